The predicted octanol–water partition coefficient (Wildman–Crippen LogP) is 2.05. The topological polar surface area (TPSA) is 60.5 Å². The summed E-state index contributed by atoms with van der Waals surface area (Å²) in [5, 5.41) is 2.48. The number of pyridine rings is 1. The van der Waals surface area contributed by atoms with E-state index in [0.29, 0.717) is 11.6 Å². The van der Waals surface area contributed by atoms with Crippen LogP contribution in [0.3, 0.4) is 0 Å². The van der Waals surface area contributed by atoms with Crippen LogP contribution in [0.25, 0.3) is 0 Å². The van der Waals surface area contributed by atoms with Gasteiger partial charge in [0.25, 0.3) is 0 Å². The largest absolute Gasteiger partial charge is 0.475 e. The molecule has 0 aromatic carbocycles. The van der Waals surface area contributed by atoms with Crippen LogP contribution in [0.15, 0.2) is 18.3 Å². The van der Waals surface area contributed by atoms with Crippen molar-refractivity contribution in [1.82, 2.24) is 4.98 Å². The summed E-state index contributed by atoms with van der Waals surface area (Å²) in [6, 6.07) is 3.33. The second-order valence-corrected chi connectivity index (χ2v) is 3.46. The highest BCUT2D eigenvalue weighted by Crippen LogP contribution is 2.12. The van der Waals surface area contributed by atoms with Gasteiger partial charge in [-0.3, -0.25) is 5.32 Å². The summed E-state index contributed by atoms with van der Waals surface area (Å²) in [5.74, 6) is 2.70. The Hall–Kier alpha value is -2.22. The first-order chi connectivity index (χ1) is 8.11. The first-order valence-electron chi connectivity index (χ1n) is 5.11. The Labute approximate surface area is 100 Å². The molecular formula is C12H14N2O3. The molecule has 1 rings (SSSR count). The smallest absolute Gasteiger partial charge is 0.412 e. The minimum atomic E-state index is -0.609. The van der Waals surface area contributed by atoms with E-state index in [9.17, 15) is 4.79 Å². The van der Waals surface area contributed by atoms with E-state index in [4.69, 9.17) is 11.2 Å². The molecule has 0 radical (unpaired) electrons. The van der Waals surface area contributed by atoms with Gasteiger partial charge in [-0.25, -0.2) is 9.78 Å². The van der Waals surface area contributed by atoms with Crippen LogP contribution < -0.4 is 10.1 Å². The van der Waals surface area contributed by atoms with Gasteiger partial charge in [-0.05, 0) is 19.9 Å². The van der Waals surface area contributed by atoms with E-state index >= 15 is 0 Å². The number of amides is 1. The van der Waals surface area contributed by atoms with Crippen molar-refractivity contribution in [3.05, 3.63) is 18.3 Å². The Morgan fingerprint density at radius 2 is 2.35 bits per heavy atom. The highest BCUT2D eigenvalue weighted by molar-refractivity contribution is 5.84. The number of carbonyl (C=O) groups excluding carboxylic acids is 1. The maximum Gasteiger partial charge on any atom is 0.412 e. The molecule has 0 bridgehead atoms. The highest BCUT2D eigenvalue weighted by atomic mass is 16.5. The van der Waals surface area contributed by atoms with Crippen LogP contribution in [-0.2, 0) is 4.74 Å². The number of hydrogen-bond acceptors (Lipinski definition) is 4. The summed E-state index contributed by atoms with van der Waals surface area (Å²) in [6.45, 7) is 3.75. The Kier molecular flexibility index (Phi) is 4.82. The van der Waals surface area contributed by atoms with Crippen LogP contribution in [0.5, 0.6) is 5.88 Å². The van der Waals surface area contributed by atoms with E-state index in [1.165, 1.54) is 6.20 Å². The van der Waals surface area contributed by atoms with E-state index < -0.39 is 6.09 Å². The van der Waals surface area contributed by atoms with Crippen molar-refractivity contribution in [3.8, 4) is 18.2 Å². The number of hydrogen-bond donors (Lipinski definition) is 1. The highest BCUT2D eigenvalue weighted by Gasteiger charge is 2.03. The average Bonchev–Trinajstić information content (AvgIpc) is 2.28. The van der Waals surface area contributed by atoms with E-state index in [2.05, 4.69) is 21.0 Å². The van der Waals surface area contributed by atoms with Crippen molar-refractivity contribution in [2.24, 2.45) is 0 Å². The Morgan fingerprint density at radius 1 is 1.59 bits per heavy atom. The second-order valence-electron chi connectivity index (χ2n) is 3.46. The van der Waals surface area contributed by atoms with Crippen molar-refractivity contribution in [1.29, 1.82) is 0 Å². The Bertz CT molecular complexity index is 407. The Balaban J connectivity index is 2.51. The molecule has 90 valence electrons. The average molecular weight is 234 g/mol. The summed E-state index contributed by atoms with van der Waals surface area (Å²) < 4.78 is 10.0. The van der Waals surface area contributed by atoms with Crippen molar-refractivity contribution in [2.75, 3.05) is 11.9 Å². The maximum atomic E-state index is 11.1. The van der Waals surface area contributed by atoms with E-state index in [0.717, 1.165) is 0 Å². The number of aromatic nitrogens is 1. The molecule has 0 aliphatic heterocycles. The van der Waals surface area contributed by atoms with Crippen LogP contribution in [-0.4, -0.2) is 23.8 Å². The van der Waals surface area contributed by atoms with Gasteiger partial charge in [0.2, 0.25) is 5.88 Å². The van der Waals surface area contributed by atoms with Crippen LogP contribution in [0.4, 0.5) is 10.5 Å². The fourth-order valence-corrected chi connectivity index (χ4v) is 1.03. The van der Waals surface area contributed by atoms with Crippen molar-refractivity contribution in [2.45, 2.75) is 20.0 Å². The number of carbonyl (C=O) groups is 1. The number of nitrogens with one attached hydrogen (secondary N) is 1. The fraction of sp³-hybridized carbons (Fsp3) is 0.333. The minimum Gasteiger partial charge on any atom is -0.475 e. The van der Waals surface area contributed by atoms with Crippen LogP contribution in [0.2, 0.25) is 0 Å². The zero-order valence-electron chi connectivity index (χ0n) is 9.77. The van der Waals surface area contributed by atoms with Gasteiger partial charge in [0.05, 0.1) is 18.0 Å². The van der Waals surface area contributed by atoms with Crippen molar-refractivity contribution < 1.29 is 14.3 Å². The number of nitrogens with zero attached hydrogens (tertiary/aromatic N) is 1. The van der Waals surface area contributed by atoms with Gasteiger partial charge in [-0.1, -0.05) is 5.92 Å². The molecule has 0 saturated carbocycles. The lowest BCUT2D eigenvalue weighted by Crippen LogP contribution is -2.14. The quantitative estimate of drug-likeness (QED) is 0.810. The molecule has 0 atom stereocenters. The Morgan fingerprint density at radius 3 is 2.88 bits per heavy atom. The molecule has 0 fully saturated rings. The molecule has 0 spiro atoms. The third kappa shape index (κ3) is 4.89. The third-order valence-electron chi connectivity index (χ3n) is 1.63. The molecule has 5 nitrogen and oxygen atoms in total. The number of terminal acetylenes is 1. The monoisotopic (exact) mass is 234 g/mol. The molecule has 0 unspecified atom stereocenters. The molecule has 0 aliphatic rings. The van der Waals surface area contributed by atoms with Gasteiger partial charge in [-0.15, -0.1) is 6.42 Å². The molecule has 1 N–H and O–H groups in total. The number of rotatable bonds is 4. The summed E-state index contributed by atoms with van der Waals surface area (Å²) in [4.78, 5) is 15.2. The molecule has 1 aromatic rings. The molecule has 1 aromatic heterocycles. The van der Waals surface area contributed by atoms with Gasteiger partial charge < -0.3 is 9.47 Å². The molecule has 1 amide bonds. The predicted molar refractivity (Wildman–Crippen MR) is 63.8 cm³/mol. The van der Waals surface area contributed by atoms with Crippen LogP contribution in [0, 0.1) is 12.3 Å². The van der Waals surface area contributed by atoms with Crippen LogP contribution in [0.1, 0.15) is 13.8 Å². The first kappa shape index (κ1) is 12.8. The standard InChI is InChI=1S/C12H14N2O3/c1-4-7-16-12(15)14-10-5-6-11(13-8-10)17-9(2)3/h1,5-6,8-9H,7H2,2-3H3,(H,14,15). The molecule has 17 heavy (non-hydrogen) atoms. The normalized spacial score (nSPS) is 9.53. The van der Waals surface area contributed by atoms with Gasteiger partial charge in [-0.2, -0.15) is 0 Å². The van der Waals surface area contributed by atoms with Gasteiger partial charge in [0.15, 0.2) is 6.61 Å². The van der Waals surface area contributed by atoms with Gasteiger partial charge in [0.1, 0.15) is 0 Å². The first-order valence-corrected chi connectivity index (χ1v) is 5.11. The molecule has 0 aliphatic carbocycles. The summed E-state index contributed by atoms with van der Waals surface area (Å²) >= 11 is 0. The third-order valence-corrected chi connectivity index (χ3v) is 1.63. The van der Waals surface area contributed by atoms with Crippen molar-refractivity contribution in [3.63, 3.8) is 0 Å². The molecule has 0 saturated heterocycles. The minimum absolute atomic E-state index is 0.0573. The van der Waals surface area contributed by atoms with E-state index in [1.807, 2.05) is 13.8 Å². The van der Waals surface area contributed by atoms with Gasteiger partial charge >= 0.3 is 6.09 Å². The molecule has 1 heterocycles. The summed E-state index contributed by atoms with van der Waals surface area (Å²) in [6.07, 6.45) is 5.88. The fourth-order valence-electron chi connectivity index (χ4n) is 1.03. The molecular weight excluding hydrogens is 220 g/mol. The maximum absolute atomic E-state index is 11.1. The second kappa shape index (κ2) is 6.38. The SMILES string of the molecule is C#CCOC(=O)Nc1ccc(OC(C)C)nc1. The summed E-state index contributed by atoms with van der Waals surface area (Å²) in [5.41, 5.74) is 0.517. The lowest BCUT2D eigenvalue weighted by atomic mass is 10.4. The zero-order chi connectivity index (χ0) is 12.7. The van der Waals surface area contributed by atoms with Crippen molar-refractivity contribution >= 4 is 11.8 Å². The van der Waals surface area contributed by atoms with E-state index in [1.54, 1.807) is 12.1 Å². The zero-order valence-corrected chi connectivity index (χ0v) is 9.77. The lowest BCUT2D eigenvalue weighted by Gasteiger charge is -2.09. The van der Waals surface area contributed by atoms with Crippen LogP contribution >= 0.6 is 0 Å². The molecule has 5 heteroatoms. The lowest BCUT2D eigenvalue weighted by molar-refractivity contribution is 0.176. The van der Waals surface area contributed by atoms with E-state index in [-0.39, 0.29) is 12.7 Å². The summed E-state index contributed by atoms with van der Waals surface area (Å²) in [7, 11) is 0. The van der Waals surface area contributed by atoms with Gasteiger partial charge in [0, 0.05) is 6.07 Å². The number of ether oxygens (including phenoxy) is 2. The number of anilines is 1.